The van der Waals surface area contributed by atoms with Gasteiger partial charge in [-0.15, -0.1) is 0 Å². The van der Waals surface area contributed by atoms with Crippen molar-refractivity contribution in [1.82, 2.24) is 4.90 Å². The van der Waals surface area contributed by atoms with Crippen LogP contribution in [0.3, 0.4) is 0 Å². The number of nitrogens with one attached hydrogen (secondary N) is 1. The summed E-state index contributed by atoms with van der Waals surface area (Å²) in [6, 6.07) is 13.5. The second kappa shape index (κ2) is 10.1. The zero-order valence-electron chi connectivity index (χ0n) is 22.2. The Morgan fingerprint density at radius 2 is 1.68 bits per heavy atom. The predicted octanol–water partition coefficient (Wildman–Crippen LogP) is 5.74. The first-order chi connectivity index (χ1) is 19.5. The van der Waals surface area contributed by atoms with E-state index in [2.05, 4.69) is 5.32 Å². The summed E-state index contributed by atoms with van der Waals surface area (Å²) in [6.07, 6.45) is 2.75. The van der Waals surface area contributed by atoms with Gasteiger partial charge in [-0.2, -0.15) is 0 Å². The topological polar surface area (TPSA) is 86.8 Å². The standard InChI is InChI=1S/C30H28ClF2N3O4S/c1-18(37)35-15-13-30(14-16-35)23-17-20(29(38)34-25-4-2-3-24(31)27(25)33)7-12-26(23)36(28(30)19-5-6-19)41(39,40)22-10-8-21(32)9-11-22/h2-4,7-12,17,19,28H,5-6,13-16H2,1H3,(H,34,38). The van der Waals surface area contributed by atoms with Gasteiger partial charge >= 0.3 is 0 Å². The van der Waals surface area contributed by atoms with E-state index in [1.807, 2.05) is 0 Å². The number of hydrogen-bond acceptors (Lipinski definition) is 4. The molecule has 2 amide bonds. The number of piperidine rings is 1. The molecule has 41 heavy (non-hydrogen) atoms. The average molecular weight is 600 g/mol. The molecule has 1 spiro atoms. The van der Waals surface area contributed by atoms with Gasteiger partial charge in [0.2, 0.25) is 5.91 Å². The van der Waals surface area contributed by atoms with Crippen LogP contribution in [0.15, 0.2) is 65.6 Å². The highest BCUT2D eigenvalue weighted by Gasteiger charge is 2.60. The highest BCUT2D eigenvalue weighted by atomic mass is 35.5. The van der Waals surface area contributed by atoms with Crippen molar-refractivity contribution in [1.29, 1.82) is 0 Å². The van der Waals surface area contributed by atoms with Gasteiger partial charge in [-0.05, 0) is 91.8 Å². The monoisotopic (exact) mass is 599 g/mol. The Hall–Kier alpha value is -3.50. The molecule has 3 aromatic rings. The van der Waals surface area contributed by atoms with E-state index in [9.17, 15) is 26.8 Å². The van der Waals surface area contributed by atoms with E-state index < -0.39 is 39.0 Å². The van der Waals surface area contributed by atoms with E-state index in [1.165, 1.54) is 47.6 Å². The van der Waals surface area contributed by atoms with Crippen molar-refractivity contribution in [3.8, 4) is 0 Å². The predicted molar refractivity (Wildman–Crippen MR) is 152 cm³/mol. The zero-order chi connectivity index (χ0) is 29.1. The number of halogens is 3. The van der Waals surface area contributed by atoms with Crippen LogP contribution < -0.4 is 9.62 Å². The van der Waals surface area contributed by atoms with Gasteiger partial charge in [-0.1, -0.05) is 17.7 Å². The summed E-state index contributed by atoms with van der Waals surface area (Å²) in [6.45, 7) is 2.42. The van der Waals surface area contributed by atoms with Crippen molar-refractivity contribution in [3.63, 3.8) is 0 Å². The number of fused-ring (bicyclic) bond motifs is 2. The SMILES string of the molecule is CC(=O)N1CCC2(CC1)c1cc(C(=O)Nc3cccc(Cl)c3F)ccc1N(S(=O)(=O)c1ccc(F)cc1)C2C1CC1. The summed E-state index contributed by atoms with van der Waals surface area (Å²) in [5.74, 6) is -1.80. The summed E-state index contributed by atoms with van der Waals surface area (Å²) in [5, 5.41) is 2.45. The van der Waals surface area contributed by atoms with Crippen molar-refractivity contribution in [3.05, 3.63) is 88.4 Å². The van der Waals surface area contributed by atoms with Crippen molar-refractivity contribution >= 4 is 44.8 Å². The number of benzene rings is 3. The molecule has 3 aromatic carbocycles. The summed E-state index contributed by atoms with van der Waals surface area (Å²) < 4.78 is 58.1. The summed E-state index contributed by atoms with van der Waals surface area (Å²) in [5.41, 5.74) is 0.707. The number of rotatable bonds is 5. The highest BCUT2D eigenvalue weighted by Crippen LogP contribution is 2.59. The summed E-state index contributed by atoms with van der Waals surface area (Å²) in [4.78, 5) is 27.2. The molecule has 1 unspecified atom stereocenters. The molecule has 1 saturated carbocycles. The van der Waals surface area contributed by atoms with Gasteiger partial charge in [0.1, 0.15) is 5.82 Å². The molecule has 0 radical (unpaired) electrons. The molecule has 2 aliphatic heterocycles. The van der Waals surface area contributed by atoms with Crippen LogP contribution in [-0.4, -0.2) is 44.3 Å². The molecule has 2 fully saturated rings. The smallest absolute Gasteiger partial charge is 0.264 e. The number of anilines is 2. The van der Waals surface area contributed by atoms with Crippen LogP contribution in [0.25, 0.3) is 0 Å². The molecule has 11 heteroatoms. The van der Waals surface area contributed by atoms with Crippen molar-refractivity contribution in [2.75, 3.05) is 22.7 Å². The molecule has 1 saturated heterocycles. The first-order valence-electron chi connectivity index (χ1n) is 13.5. The van der Waals surface area contributed by atoms with Gasteiger partial charge in [0.05, 0.1) is 27.3 Å². The molecule has 7 nitrogen and oxygen atoms in total. The van der Waals surface area contributed by atoms with Crippen LogP contribution in [0.2, 0.25) is 5.02 Å². The minimum Gasteiger partial charge on any atom is -0.343 e. The number of likely N-dealkylation sites (tertiary alicyclic amines) is 1. The number of sulfonamides is 1. The molecule has 3 aliphatic rings. The van der Waals surface area contributed by atoms with Crippen LogP contribution in [-0.2, 0) is 20.2 Å². The molecule has 1 atom stereocenters. The van der Waals surface area contributed by atoms with E-state index in [-0.39, 0.29) is 33.0 Å². The molecule has 6 rings (SSSR count). The average Bonchev–Trinajstić information content (AvgIpc) is 3.75. The number of nitrogens with zero attached hydrogens (tertiary/aromatic N) is 2. The van der Waals surface area contributed by atoms with Gasteiger partial charge in [0.25, 0.3) is 15.9 Å². The third-order valence-electron chi connectivity index (χ3n) is 8.59. The van der Waals surface area contributed by atoms with Crippen LogP contribution in [0, 0.1) is 17.6 Å². The number of carbonyl (C=O) groups is 2. The maximum Gasteiger partial charge on any atom is 0.264 e. The molecular formula is C30H28ClF2N3O4S. The van der Waals surface area contributed by atoms with Crippen molar-refractivity contribution in [2.45, 2.75) is 49.0 Å². The number of hydrogen-bond donors (Lipinski definition) is 1. The lowest BCUT2D eigenvalue weighted by molar-refractivity contribution is -0.130. The minimum absolute atomic E-state index is 0.0213. The van der Waals surface area contributed by atoms with Crippen molar-refractivity contribution < 1.29 is 26.8 Å². The van der Waals surface area contributed by atoms with E-state index in [4.69, 9.17) is 11.6 Å². The lowest BCUT2D eigenvalue weighted by Crippen LogP contribution is -2.54. The Kier molecular flexibility index (Phi) is 6.81. The molecule has 214 valence electrons. The minimum atomic E-state index is -4.10. The van der Waals surface area contributed by atoms with Gasteiger partial charge in [-0.3, -0.25) is 13.9 Å². The molecule has 1 N–H and O–H groups in total. The first-order valence-corrected chi connectivity index (χ1v) is 15.3. The Balaban J connectivity index is 1.46. The summed E-state index contributed by atoms with van der Waals surface area (Å²) >= 11 is 5.88. The van der Waals surface area contributed by atoms with Gasteiger partial charge < -0.3 is 10.2 Å². The first kappa shape index (κ1) is 27.7. The second-order valence-corrected chi connectivity index (χ2v) is 13.2. The zero-order valence-corrected chi connectivity index (χ0v) is 23.8. The van der Waals surface area contributed by atoms with E-state index >= 15 is 0 Å². The Morgan fingerprint density at radius 3 is 2.32 bits per heavy atom. The lowest BCUT2D eigenvalue weighted by Gasteiger charge is -2.45. The fraction of sp³-hybridized carbons (Fsp3) is 0.333. The number of carbonyl (C=O) groups excluding carboxylic acids is 2. The Labute approximate surface area is 242 Å². The third-order valence-corrected chi connectivity index (χ3v) is 10.7. The van der Waals surface area contributed by atoms with Gasteiger partial charge in [-0.25, -0.2) is 17.2 Å². The molecule has 0 bridgehead atoms. The molecule has 2 heterocycles. The fourth-order valence-electron chi connectivity index (χ4n) is 6.44. The molecular weight excluding hydrogens is 572 g/mol. The third kappa shape index (κ3) is 4.67. The van der Waals surface area contributed by atoms with Crippen LogP contribution in [0.5, 0.6) is 0 Å². The lowest BCUT2D eigenvalue weighted by atomic mass is 9.68. The van der Waals surface area contributed by atoms with E-state index in [0.717, 1.165) is 25.0 Å². The Bertz CT molecular complexity index is 1650. The van der Waals surface area contributed by atoms with Gasteiger partial charge in [0.15, 0.2) is 5.82 Å². The molecule has 0 aromatic heterocycles. The Morgan fingerprint density at radius 1 is 1.00 bits per heavy atom. The van der Waals surface area contributed by atoms with Crippen molar-refractivity contribution in [2.24, 2.45) is 5.92 Å². The fourth-order valence-corrected chi connectivity index (χ4v) is 8.41. The quantitative estimate of drug-likeness (QED) is 0.405. The van der Waals surface area contributed by atoms with Crippen LogP contribution >= 0.6 is 11.6 Å². The van der Waals surface area contributed by atoms with Crippen LogP contribution in [0.4, 0.5) is 20.2 Å². The van der Waals surface area contributed by atoms with E-state index in [1.54, 1.807) is 17.0 Å². The highest BCUT2D eigenvalue weighted by molar-refractivity contribution is 7.92. The molecule has 1 aliphatic carbocycles. The van der Waals surface area contributed by atoms with E-state index in [0.29, 0.717) is 37.2 Å². The van der Waals surface area contributed by atoms with Crippen LogP contribution in [0.1, 0.15) is 48.5 Å². The summed E-state index contributed by atoms with van der Waals surface area (Å²) in [7, 11) is -4.10. The maximum absolute atomic E-state index is 14.5. The van der Waals surface area contributed by atoms with Gasteiger partial charge in [0, 0.05) is 31.0 Å². The maximum atomic E-state index is 14.5. The second-order valence-electron chi connectivity index (χ2n) is 11.0. The number of amides is 2. The normalized spacial score (nSPS) is 19.8. The largest absolute Gasteiger partial charge is 0.343 e.